The maximum absolute atomic E-state index is 12.3. The smallest absolute Gasteiger partial charge is 0.299 e. The van der Waals surface area contributed by atoms with E-state index in [4.69, 9.17) is 0 Å². The third-order valence-electron chi connectivity index (χ3n) is 2.55. The zero-order chi connectivity index (χ0) is 11.1. The van der Waals surface area contributed by atoms with Gasteiger partial charge in [-0.3, -0.25) is 4.79 Å². The van der Waals surface area contributed by atoms with Crippen molar-refractivity contribution in [2.24, 2.45) is 0 Å². The Hall–Kier alpha value is -0.840. The minimum atomic E-state index is -4.29. The molecule has 1 saturated carbocycles. The van der Waals surface area contributed by atoms with Crippen molar-refractivity contribution in [2.75, 3.05) is 0 Å². The molecule has 82 valence electrons. The molecule has 1 fully saturated rings. The van der Waals surface area contributed by atoms with Crippen molar-refractivity contribution in [3.05, 3.63) is 21.9 Å². The lowest BCUT2D eigenvalue weighted by molar-refractivity contribution is -0.134. The summed E-state index contributed by atoms with van der Waals surface area (Å²) >= 11 is 0.695. The monoisotopic (exact) mass is 234 g/mol. The minimum absolute atomic E-state index is 0.0746. The molecule has 2 rings (SSSR count). The van der Waals surface area contributed by atoms with Crippen LogP contribution in [0.3, 0.4) is 0 Å². The van der Waals surface area contributed by atoms with E-state index in [0.29, 0.717) is 29.1 Å². The van der Waals surface area contributed by atoms with Crippen LogP contribution < -0.4 is 0 Å². The van der Waals surface area contributed by atoms with Gasteiger partial charge in [0.25, 0.3) is 0 Å². The third kappa shape index (κ3) is 2.07. The summed E-state index contributed by atoms with van der Waals surface area (Å²) in [5, 5.41) is 0. The standard InChI is InChI=1S/C10H9F3OS/c11-10(12,13)9-5-4-8(15-9)6-2-1-3-7(6)14/h4-6H,1-3H2. The van der Waals surface area contributed by atoms with Crippen molar-refractivity contribution in [3.63, 3.8) is 0 Å². The molecule has 0 aromatic carbocycles. The molecule has 1 aromatic rings. The molecule has 1 unspecified atom stereocenters. The van der Waals surface area contributed by atoms with Crippen molar-refractivity contribution in [3.8, 4) is 0 Å². The average Bonchev–Trinajstić information content (AvgIpc) is 2.69. The molecule has 1 aromatic heterocycles. The number of Topliss-reactive ketones (excluding diaryl/α,β-unsaturated/α-hetero) is 1. The predicted molar refractivity (Wildman–Crippen MR) is 50.9 cm³/mol. The summed E-state index contributed by atoms with van der Waals surface area (Å²) in [6.45, 7) is 0. The lowest BCUT2D eigenvalue weighted by Gasteiger charge is -2.04. The Labute approximate surface area is 88.9 Å². The van der Waals surface area contributed by atoms with Crippen LogP contribution in [-0.2, 0) is 11.0 Å². The van der Waals surface area contributed by atoms with E-state index in [1.54, 1.807) is 0 Å². The Kier molecular flexibility index (Phi) is 2.58. The second kappa shape index (κ2) is 3.63. The van der Waals surface area contributed by atoms with Crippen LogP contribution in [0, 0.1) is 0 Å². The highest BCUT2D eigenvalue weighted by Gasteiger charge is 2.35. The Morgan fingerprint density at radius 2 is 2.07 bits per heavy atom. The quantitative estimate of drug-likeness (QED) is 0.725. The van der Waals surface area contributed by atoms with Crippen molar-refractivity contribution in [1.29, 1.82) is 0 Å². The lowest BCUT2D eigenvalue weighted by atomic mass is 10.1. The van der Waals surface area contributed by atoms with Crippen LogP contribution in [0.4, 0.5) is 13.2 Å². The molecule has 1 aliphatic rings. The summed E-state index contributed by atoms with van der Waals surface area (Å²) in [5.41, 5.74) is 0. The van der Waals surface area contributed by atoms with Crippen LogP contribution in [0.5, 0.6) is 0 Å². The molecule has 0 amide bonds. The third-order valence-corrected chi connectivity index (χ3v) is 3.80. The van der Waals surface area contributed by atoms with Gasteiger partial charge < -0.3 is 0 Å². The van der Waals surface area contributed by atoms with Gasteiger partial charge in [-0.05, 0) is 25.0 Å². The van der Waals surface area contributed by atoms with Crippen LogP contribution >= 0.6 is 11.3 Å². The fourth-order valence-corrected chi connectivity index (χ4v) is 2.84. The number of carbonyl (C=O) groups is 1. The first-order valence-corrected chi connectivity index (χ1v) is 5.50. The molecule has 0 aliphatic heterocycles. The van der Waals surface area contributed by atoms with Gasteiger partial charge in [0.05, 0.1) is 5.92 Å². The molecule has 1 heterocycles. The van der Waals surface area contributed by atoms with Crippen LogP contribution in [0.1, 0.15) is 34.9 Å². The van der Waals surface area contributed by atoms with E-state index in [1.165, 1.54) is 6.07 Å². The van der Waals surface area contributed by atoms with Gasteiger partial charge >= 0.3 is 6.18 Å². The molecule has 0 radical (unpaired) electrons. The topological polar surface area (TPSA) is 17.1 Å². The van der Waals surface area contributed by atoms with Gasteiger partial charge in [-0.2, -0.15) is 13.2 Å². The second-order valence-corrected chi connectivity index (χ2v) is 4.73. The Balaban J connectivity index is 2.24. The van der Waals surface area contributed by atoms with Crippen molar-refractivity contribution < 1.29 is 18.0 Å². The summed E-state index contributed by atoms with van der Waals surface area (Å²) < 4.78 is 36.9. The van der Waals surface area contributed by atoms with Gasteiger partial charge in [0, 0.05) is 11.3 Å². The lowest BCUT2D eigenvalue weighted by Crippen LogP contribution is -2.02. The predicted octanol–water partition coefficient (Wildman–Crippen LogP) is 3.60. The number of alkyl halides is 3. The van der Waals surface area contributed by atoms with Crippen molar-refractivity contribution >= 4 is 17.1 Å². The summed E-state index contributed by atoms with van der Waals surface area (Å²) in [4.78, 5) is 11.3. The van der Waals surface area contributed by atoms with E-state index in [1.807, 2.05) is 0 Å². The molecule has 15 heavy (non-hydrogen) atoms. The Morgan fingerprint density at radius 1 is 1.33 bits per heavy atom. The van der Waals surface area contributed by atoms with E-state index in [9.17, 15) is 18.0 Å². The molecule has 1 nitrogen and oxygen atoms in total. The molecule has 5 heteroatoms. The number of carbonyl (C=O) groups excluding carboxylic acids is 1. The van der Waals surface area contributed by atoms with Crippen LogP contribution in [0.15, 0.2) is 12.1 Å². The molecule has 0 bridgehead atoms. The van der Waals surface area contributed by atoms with E-state index < -0.39 is 11.1 Å². The minimum Gasteiger partial charge on any atom is -0.299 e. The van der Waals surface area contributed by atoms with Crippen LogP contribution in [0.2, 0.25) is 0 Å². The van der Waals surface area contributed by atoms with Crippen LogP contribution in [0.25, 0.3) is 0 Å². The zero-order valence-corrected chi connectivity index (χ0v) is 8.62. The average molecular weight is 234 g/mol. The number of rotatable bonds is 1. The molecule has 1 atom stereocenters. The number of halogens is 3. The Morgan fingerprint density at radius 3 is 2.53 bits per heavy atom. The van der Waals surface area contributed by atoms with Gasteiger partial charge in [-0.15, -0.1) is 11.3 Å². The number of ketones is 1. The van der Waals surface area contributed by atoms with Crippen LogP contribution in [-0.4, -0.2) is 5.78 Å². The summed E-state index contributed by atoms with van der Waals surface area (Å²) in [7, 11) is 0. The molecule has 0 N–H and O–H groups in total. The number of thiophene rings is 1. The highest BCUT2D eigenvalue weighted by molar-refractivity contribution is 7.12. The van der Waals surface area contributed by atoms with Gasteiger partial charge in [0.2, 0.25) is 0 Å². The van der Waals surface area contributed by atoms with Gasteiger partial charge in [-0.1, -0.05) is 0 Å². The summed E-state index contributed by atoms with van der Waals surface area (Å²) in [5.74, 6) is -0.211. The van der Waals surface area contributed by atoms with Gasteiger partial charge in [0.15, 0.2) is 0 Å². The van der Waals surface area contributed by atoms with E-state index in [2.05, 4.69) is 0 Å². The first kappa shape index (κ1) is 10.7. The van der Waals surface area contributed by atoms with E-state index >= 15 is 0 Å². The highest BCUT2D eigenvalue weighted by atomic mass is 32.1. The molecule has 0 spiro atoms. The normalized spacial score (nSPS) is 22.3. The summed E-state index contributed by atoms with van der Waals surface area (Å²) in [6.07, 6.45) is -2.30. The molecular formula is C10H9F3OS. The molecular weight excluding hydrogens is 225 g/mol. The number of hydrogen-bond donors (Lipinski definition) is 0. The second-order valence-electron chi connectivity index (χ2n) is 3.61. The first-order valence-electron chi connectivity index (χ1n) is 4.68. The molecule has 1 aliphatic carbocycles. The van der Waals surface area contributed by atoms with Crippen molar-refractivity contribution in [1.82, 2.24) is 0 Å². The van der Waals surface area contributed by atoms with E-state index in [-0.39, 0.29) is 11.7 Å². The Bertz CT molecular complexity index is 380. The SMILES string of the molecule is O=C1CCCC1c1ccc(C(F)(F)F)s1. The maximum atomic E-state index is 12.3. The maximum Gasteiger partial charge on any atom is 0.425 e. The molecule has 0 saturated heterocycles. The fraction of sp³-hybridized carbons (Fsp3) is 0.500. The number of hydrogen-bond acceptors (Lipinski definition) is 2. The van der Waals surface area contributed by atoms with Gasteiger partial charge in [0.1, 0.15) is 10.7 Å². The summed E-state index contributed by atoms with van der Waals surface area (Å²) in [6, 6.07) is 2.49. The zero-order valence-electron chi connectivity index (χ0n) is 7.80. The fourth-order valence-electron chi connectivity index (χ4n) is 1.81. The largest absolute Gasteiger partial charge is 0.425 e. The first-order chi connectivity index (χ1) is 6.98. The van der Waals surface area contributed by atoms with Gasteiger partial charge in [-0.25, -0.2) is 0 Å². The van der Waals surface area contributed by atoms with E-state index in [0.717, 1.165) is 12.5 Å². The highest BCUT2D eigenvalue weighted by Crippen LogP contribution is 2.40. The van der Waals surface area contributed by atoms with Crippen molar-refractivity contribution in [2.45, 2.75) is 31.4 Å².